The third kappa shape index (κ3) is 7.20. The number of rotatable bonds is 9. The monoisotopic (exact) mass is 377 g/mol. The first-order chi connectivity index (χ1) is 12.0. The Morgan fingerprint density at radius 2 is 1.92 bits per heavy atom. The van der Waals surface area contributed by atoms with Crippen LogP contribution in [-0.4, -0.2) is 42.9 Å². The number of aliphatic carboxylic acids is 1. The Labute approximate surface area is 149 Å². The topological polar surface area (TPSA) is 84.9 Å². The summed E-state index contributed by atoms with van der Waals surface area (Å²) in [5, 5.41) is 10.8. The summed E-state index contributed by atoms with van der Waals surface area (Å²) >= 11 is 0. The molecule has 6 nitrogen and oxygen atoms in total. The number of carboxylic acid groups (broad SMARTS) is 1. The van der Waals surface area contributed by atoms with Crippen LogP contribution in [0.25, 0.3) is 0 Å². The van der Waals surface area contributed by atoms with Gasteiger partial charge in [-0.25, -0.2) is 4.79 Å². The third-order valence-corrected chi connectivity index (χ3v) is 3.43. The van der Waals surface area contributed by atoms with Gasteiger partial charge in [0.1, 0.15) is 17.5 Å². The van der Waals surface area contributed by atoms with Crippen LogP contribution in [0, 0.1) is 5.92 Å². The molecule has 9 heteroatoms. The van der Waals surface area contributed by atoms with Crippen LogP contribution < -0.4 is 14.8 Å². The summed E-state index contributed by atoms with van der Waals surface area (Å²) in [5.74, 6) is -1.89. The molecule has 0 aliphatic heterocycles. The van der Waals surface area contributed by atoms with Gasteiger partial charge in [-0.2, -0.15) is 13.2 Å². The highest BCUT2D eigenvalue weighted by molar-refractivity contribution is 5.99. The number of ether oxygens (including phenoxy) is 2. The molecular formula is C17H22F3NO5. The lowest BCUT2D eigenvalue weighted by Gasteiger charge is -2.18. The number of alkyl halides is 3. The first kappa shape index (κ1) is 21.6. The van der Waals surface area contributed by atoms with Crippen LogP contribution in [0.1, 0.15) is 37.0 Å². The van der Waals surface area contributed by atoms with Crippen molar-refractivity contribution in [1.29, 1.82) is 0 Å². The van der Waals surface area contributed by atoms with E-state index >= 15 is 0 Å². The van der Waals surface area contributed by atoms with E-state index in [1.807, 2.05) is 19.2 Å². The quantitative estimate of drug-likeness (QED) is 0.690. The Morgan fingerprint density at radius 1 is 1.27 bits per heavy atom. The van der Waals surface area contributed by atoms with Crippen LogP contribution in [0.15, 0.2) is 18.2 Å². The second kappa shape index (κ2) is 9.30. The van der Waals surface area contributed by atoms with E-state index in [4.69, 9.17) is 14.6 Å². The normalized spacial score (nSPS) is 12.6. The Kier molecular flexibility index (Phi) is 7.73. The van der Waals surface area contributed by atoms with Crippen LogP contribution in [0.5, 0.6) is 11.5 Å². The molecule has 26 heavy (non-hydrogen) atoms. The van der Waals surface area contributed by atoms with Gasteiger partial charge in [-0.3, -0.25) is 4.79 Å². The van der Waals surface area contributed by atoms with Crippen LogP contribution in [0.4, 0.5) is 13.2 Å². The highest BCUT2D eigenvalue weighted by atomic mass is 19.4. The molecule has 1 aromatic carbocycles. The summed E-state index contributed by atoms with van der Waals surface area (Å²) in [6.07, 6.45) is -5.70. The number of carboxylic acids is 1. The number of carbonyl (C=O) groups excluding carboxylic acids is 1. The van der Waals surface area contributed by atoms with Gasteiger partial charge in [0.25, 0.3) is 5.91 Å². The fourth-order valence-electron chi connectivity index (χ4n) is 2.01. The fraction of sp³-hybridized carbons (Fsp3) is 0.529. The first-order valence-electron chi connectivity index (χ1n) is 7.94. The van der Waals surface area contributed by atoms with Crippen molar-refractivity contribution in [3.05, 3.63) is 23.8 Å². The van der Waals surface area contributed by atoms with E-state index in [1.54, 1.807) is 0 Å². The third-order valence-electron chi connectivity index (χ3n) is 3.43. The van der Waals surface area contributed by atoms with Crippen molar-refractivity contribution in [2.45, 2.75) is 38.9 Å². The number of hydrogen-bond donors (Lipinski definition) is 2. The highest BCUT2D eigenvalue weighted by Gasteiger charge is 2.36. The average molecular weight is 377 g/mol. The molecule has 0 fully saturated rings. The maximum Gasteiger partial charge on any atom is 0.391 e. The van der Waals surface area contributed by atoms with Gasteiger partial charge >= 0.3 is 12.1 Å². The minimum Gasteiger partial charge on any atom is -0.497 e. The molecule has 2 N–H and O–H groups in total. The van der Waals surface area contributed by atoms with Crippen LogP contribution in [0.3, 0.4) is 0 Å². The zero-order valence-corrected chi connectivity index (χ0v) is 14.7. The van der Waals surface area contributed by atoms with Crippen LogP contribution >= 0.6 is 0 Å². The van der Waals surface area contributed by atoms with E-state index in [1.165, 1.54) is 25.3 Å². The number of amides is 1. The predicted octanol–water partition coefficient (Wildman–Crippen LogP) is 3.26. The van der Waals surface area contributed by atoms with Gasteiger partial charge in [0.05, 0.1) is 25.7 Å². The smallest absolute Gasteiger partial charge is 0.391 e. The molecule has 1 unspecified atom stereocenters. The highest BCUT2D eigenvalue weighted by Crippen LogP contribution is 2.26. The molecule has 1 atom stereocenters. The summed E-state index contributed by atoms with van der Waals surface area (Å²) in [7, 11) is 1.41. The number of halogens is 3. The molecule has 1 amide bonds. The zero-order chi connectivity index (χ0) is 19.9. The number of methoxy groups -OCH3 is 1. The maximum absolute atomic E-state index is 12.5. The van der Waals surface area contributed by atoms with Gasteiger partial charge < -0.3 is 19.9 Å². The van der Waals surface area contributed by atoms with Crippen LogP contribution in [-0.2, 0) is 4.79 Å². The fourth-order valence-corrected chi connectivity index (χ4v) is 2.01. The van der Waals surface area contributed by atoms with Gasteiger partial charge in [-0.15, -0.1) is 0 Å². The SMILES string of the molecule is COc1ccc(C(=O)NC(CC(F)(F)F)C(=O)O)c(OCCC(C)C)c1. The van der Waals surface area contributed by atoms with Gasteiger partial charge in [-0.1, -0.05) is 13.8 Å². The second-order valence-corrected chi connectivity index (χ2v) is 6.08. The number of nitrogens with one attached hydrogen (secondary N) is 1. The summed E-state index contributed by atoms with van der Waals surface area (Å²) < 4.78 is 48.0. The minimum atomic E-state index is -4.73. The molecule has 146 valence electrons. The van der Waals surface area contributed by atoms with Gasteiger partial charge in [0.2, 0.25) is 0 Å². The van der Waals surface area contributed by atoms with Gasteiger partial charge in [-0.05, 0) is 24.5 Å². The lowest BCUT2D eigenvalue weighted by Crippen LogP contribution is -2.43. The van der Waals surface area contributed by atoms with Crippen molar-refractivity contribution < 1.29 is 37.3 Å². The summed E-state index contributed by atoms with van der Waals surface area (Å²) in [6.45, 7) is 4.25. The molecule has 0 bridgehead atoms. The summed E-state index contributed by atoms with van der Waals surface area (Å²) in [5.41, 5.74) is -0.0667. The molecule has 0 spiro atoms. The van der Waals surface area contributed by atoms with Crippen LogP contribution in [0.2, 0.25) is 0 Å². The van der Waals surface area contributed by atoms with Crippen molar-refractivity contribution in [2.75, 3.05) is 13.7 Å². The zero-order valence-electron chi connectivity index (χ0n) is 14.7. The minimum absolute atomic E-state index is 0.0667. The molecule has 0 aromatic heterocycles. The Bertz CT molecular complexity index is 631. The molecule has 0 heterocycles. The molecule has 0 saturated heterocycles. The summed E-state index contributed by atoms with van der Waals surface area (Å²) in [6, 6.07) is 2.08. The summed E-state index contributed by atoms with van der Waals surface area (Å²) in [4.78, 5) is 23.3. The number of carbonyl (C=O) groups is 2. The Morgan fingerprint density at radius 3 is 2.42 bits per heavy atom. The van der Waals surface area contributed by atoms with Gasteiger partial charge in [0.15, 0.2) is 0 Å². The van der Waals surface area contributed by atoms with E-state index < -0.39 is 30.5 Å². The van der Waals surface area contributed by atoms with Crippen molar-refractivity contribution in [1.82, 2.24) is 5.32 Å². The van der Waals surface area contributed by atoms with E-state index in [9.17, 15) is 22.8 Å². The van der Waals surface area contributed by atoms with Crippen molar-refractivity contribution >= 4 is 11.9 Å². The van der Waals surface area contributed by atoms with E-state index in [2.05, 4.69) is 0 Å². The molecule has 0 radical (unpaired) electrons. The van der Waals surface area contributed by atoms with Gasteiger partial charge in [0, 0.05) is 6.07 Å². The number of benzene rings is 1. The average Bonchev–Trinajstić information content (AvgIpc) is 2.52. The van der Waals surface area contributed by atoms with Crippen molar-refractivity contribution in [3.8, 4) is 11.5 Å². The molecule has 0 aliphatic carbocycles. The Hall–Kier alpha value is -2.45. The Balaban J connectivity index is 2.99. The second-order valence-electron chi connectivity index (χ2n) is 6.08. The predicted molar refractivity (Wildman–Crippen MR) is 87.5 cm³/mol. The molecule has 0 saturated carbocycles. The lowest BCUT2D eigenvalue weighted by molar-refractivity contribution is -0.157. The van der Waals surface area contributed by atoms with E-state index in [0.29, 0.717) is 18.1 Å². The lowest BCUT2D eigenvalue weighted by atomic mass is 10.1. The molecule has 1 aromatic rings. The van der Waals surface area contributed by atoms with E-state index in [-0.39, 0.29) is 17.9 Å². The van der Waals surface area contributed by atoms with E-state index in [0.717, 1.165) is 0 Å². The largest absolute Gasteiger partial charge is 0.497 e. The van der Waals surface area contributed by atoms with Crippen molar-refractivity contribution in [3.63, 3.8) is 0 Å². The molecule has 1 rings (SSSR count). The van der Waals surface area contributed by atoms with Crippen molar-refractivity contribution in [2.24, 2.45) is 5.92 Å². The molecule has 0 aliphatic rings. The maximum atomic E-state index is 12.5. The first-order valence-corrected chi connectivity index (χ1v) is 7.94. The number of hydrogen-bond acceptors (Lipinski definition) is 4. The standard InChI is InChI=1S/C17H22F3NO5/c1-10(2)6-7-26-14-8-11(25-3)4-5-12(14)15(22)21-13(16(23)24)9-17(18,19)20/h4-5,8,10,13H,6-7,9H2,1-3H3,(H,21,22)(H,23,24). The molecular weight excluding hydrogens is 355 g/mol.